The Morgan fingerprint density at radius 3 is 2.57 bits per heavy atom. The van der Waals surface area contributed by atoms with E-state index >= 15 is 0 Å². The van der Waals surface area contributed by atoms with Crippen LogP contribution in [-0.4, -0.2) is 58.3 Å². The number of methoxy groups -OCH3 is 1. The average molecular weight is 526 g/mol. The minimum Gasteiger partial charge on any atom is -0.469 e. The Bertz CT molecular complexity index is 857. The summed E-state index contributed by atoms with van der Waals surface area (Å²) in [7, 11) is 1.45. The molecule has 30 heavy (non-hydrogen) atoms. The van der Waals surface area contributed by atoms with Crippen LogP contribution in [-0.2, 0) is 16.1 Å². The number of carbonyl (C=O) groups is 1. The number of likely N-dealkylation sites (tertiary alicyclic amines) is 1. The molecule has 2 aromatic rings. The molecule has 3 rings (SSSR count). The van der Waals surface area contributed by atoms with Crippen LogP contribution in [0.3, 0.4) is 0 Å². The quantitative estimate of drug-likeness (QED) is 0.279. The molecule has 1 fully saturated rings. The first kappa shape index (κ1) is 24.1. The standard InChI is InChI=1S/C21H30N6O2.HI/c1-5-22-21(26-10-8-18(9-11-26)20(28)29-4)24-14-17-6-7-19(23-13-17)27-16(3)12-15(2)25-27;/h6-7,12-13,18H,5,8-11,14H2,1-4H3,(H,22,24);1H. The fourth-order valence-corrected chi connectivity index (χ4v) is 3.58. The summed E-state index contributed by atoms with van der Waals surface area (Å²) in [5.41, 5.74) is 3.07. The number of aromatic nitrogens is 3. The molecular formula is C21H31IN6O2. The van der Waals surface area contributed by atoms with E-state index in [9.17, 15) is 4.79 Å². The van der Waals surface area contributed by atoms with Gasteiger partial charge in [-0.25, -0.2) is 14.7 Å². The van der Waals surface area contributed by atoms with Crippen LogP contribution in [0.2, 0.25) is 0 Å². The van der Waals surface area contributed by atoms with Gasteiger partial charge < -0.3 is 15.0 Å². The van der Waals surface area contributed by atoms with Crippen molar-refractivity contribution in [3.63, 3.8) is 0 Å². The van der Waals surface area contributed by atoms with Crippen molar-refractivity contribution in [1.82, 2.24) is 25.0 Å². The van der Waals surface area contributed by atoms with E-state index in [-0.39, 0.29) is 35.9 Å². The van der Waals surface area contributed by atoms with Crippen LogP contribution in [0.1, 0.15) is 36.7 Å². The molecule has 0 aliphatic carbocycles. The summed E-state index contributed by atoms with van der Waals surface area (Å²) >= 11 is 0. The molecule has 0 spiro atoms. The average Bonchev–Trinajstić information content (AvgIpc) is 3.09. The van der Waals surface area contributed by atoms with Crippen molar-refractivity contribution in [3.8, 4) is 5.82 Å². The van der Waals surface area contributed by atoms with E-state index in [1.165, 1.54) is 7.11 Å². The predicted octanol–water partition coefficient (Wildman–Crippen LogP) is 2.85. The Kier molecular flexibility index (Phi) is 9.07. The van der Waals surface area contributed by atoms with Gasteiger partial charge in [-0.3, -0.25) is 4.79 Å². The first-order chi connectivity index (χ1) is 14.0. The van der Waals surface area contributed by atoms with Gasteiger partial charge in [0.1, 0.15) is 0 Å². The van der Waals surface area contributed by atoms with Crippen molar-refractivity contribution >= 4 is 35.9 Å². The second-order valence-electron chi connectivity index (χ2n) is 7.32. The van der Waals surface area contributed by atoms with Crippen LogP contribution in [0.5, 0.6) is 0 Å². The van der Waals surface area contributed by atoms with Gasteiger partial charge >= 0.3 is 5.97 Å². The number of esters is 1. The second-order valence-corrected chi connectivity index (χ2v) is 7.32. The molecule has 9 heteroatoms. The van der Waals surface area contributed by atoms with Crippen LogP contribution in [0.25, 0.3) is 5.82 Å². The fourth-order valence-electron chi connectivity index (χ4n) is 3.58. The monoisotopic (exact) mass is 526 g/mol. The summed E-state index contributed by atoms with van der Waals surface area (Å²) in [6, 6.07) is 6.04. The van der Waals surface area contributed by atoms with E-state index in [1.54, 1.807) is 0 Å². The number of hydrogen-bond acceptors (Lipinski definition) is 5. The van der Waals surface area contributed by atoms with Gasteiger partial charge in [0.15, 0.2) is 11.8 Å². The summed E-state index contributed by atoms with van der Waals surface area (Å²) in [5.74, 6) is 1.56. The first-order valence-corrected chi connectivity index (χ1v) is 10.1. The minimum absolute atomic E-state index is 0. The maximum atomic E-state index is 11.7. The lowest BCUT2D eigenvalue weighted by Crippen LogP contribution is -2.46. The SMILES string of the molecule is CCNC(=NCc1ccc(-n2nc(C)cc2C)nc1)N1CCC(C(=O)OC)CC1.I. The van der Waals surface area contributed by atoms with Gasteiger partial charge in [0, 0.05) is 31.5 Å². The number of pyridine rings is 1. The normalized spacial score (nSPS) is 14.9. The third-order valence-electron chi connectivity index (χ3n) is 5.11. The number of hydrogen-bond donors (Lipinski definition) is 1. The third-order valence-corrected chi connectivity index (χ3v) is 5.11. The van der Waals surface area contributed by atoms with Crippen molar-refractivity contribution in [3.05, 3.63) is 41.3 Å². The second kappa shape index (κ2) is 11.3. The summed E-state index contributed by atoms with van der Waals surface area (Å²) in [6.45, 7) is 8.98. The molecule has 0 saturated carbocycles. The highest BCUT2D eigenvalue weighted by Gasteiger charge is 2.26. The fraction of sp³-hybridized carbons (Fsp3) is 0.524. The van der Waals surface area contributed by atoms with Crippen molar-refractivity contribution < 1.29 is 9.53 Å². The summed E-state index contributed by atoms with van der Waals surface area (Å²) in [5, 5.41) is 7.82. The Morgan fingerprint density at radius 1 is 1.30 bits per heavy atom. The molecule has 0 radical (unpaired) electrons. The summed E-state index contributed by atoms with van der Waals surface area (Å²) in [6.07, 6.45) is 3.42. The number of piperidine rings is 1. The number of rotatable bonds is 5. The highest BCUT2D eigenvalue weighted by Crippen LogP contribution is 2.19. The van der Waals surface area contributed by atoms with Gasteiger partial charge in [-0.05, 0) is 51.3 Å². The molecule has 8 nitrogen and oxygen atoms in total. The summed E-state index contributed by atoms with van der Waals surface area (Å²) < 4.78 is 6.72. The lowest BCUT2D eigenvalue weighted by Gasteiger charge is -2.33. The van der Waals surface area contributed by atoms with Crippen molar-refractivity contribution in [2.24, 2.45) is 10.9 Å². The topological polar surface area (TPSA) is 84.6 Å². The lowest BCUT2D eigenvalue weighted by molar-refractivity contribution is -0.146. The molecule has 2 aromatic heterocycles. The molecule has 0 amide bonds. The van der Waals surface area contributed by atoms with E-state index < -0.39 is 0 Å². The van der Waals surface area contributed by atoms with E-state index in [1.807, 2.05) is 42.9 Å². The maximum absolute atomic E-state index is 11.7. The molecule has 1 N–H and O–H groups in total. The zero-order valence-electron chi connectivity index (χ0n) is 18.1. The van der Waals surface area contributed by atoms with Crippen molar-refractivity contribution in [1.29, 1.82) is 0 Å². The van der Waals surface area contributed by atoms with E-state index in [0.29, 0.717) is 6.54 Å². The molecule has 0 aromatic carbocycles. The molecular weight excluding hydrogens is 495 g/mol. The van der Waals surface area contributed by atoms with Gasteiger partial charge in [-0.2, -0.15) is 5.10 Å². The smallest absolute Gasteiger partial charge is 0.308 e. The third kappa shape index (κ3) is 5.93. The number of aryl methyl sites for hydroxylation is 2. The van der Waals surface area contributed by atoms with E-state index in [4.69, 9.17) is 9.73 Å². The number of carbonyl (C=O) groups excluding carboxylic acids is 1. The number of nitrogens with one attached hydrogen (secondary N) is 1. The zero-order valence-corrected chi connectivity index (χ0v) is 20.4. The number of guanidine groups is 1. The summed E-state index contributed by atoms with van der Waals surface area (Å²) in [4.78, 5) is 23.3. The molecule has 1 aliphatic rings. The predicted molar refractivity (Wildman–Crippen MR) is 127 cm³/mol. The minimum atomic E-state index is -0.111. The molecule has 1 saturated heterocycles. The molecule has 0 bridgehead atoms. The Morgan fingerprint density at radius 2 is 2.03 bits per heavy atom. The molecule has 3 heterocycles. The van der Waals surface area contributed by atoms with Crippen LogP contribution in [0.15, 0.2) is 29.4 Å². The molecule has 0 unspecified atom stereocenters. The highest BCUT2D eigenvalue weighted by molar-refractivity contribution is 14.0. The Balaban J connectivity index is 0.00000320. The largest absolute Gasteiger partial charge is 0.469 e. The number of ether oxygens (including phenoxy) is 1. The molecule has 164 valence electrons. The van der Waals surface area contributed by atoms with Gasteiger partial charge in [0.2, 0.25) is 0 Å². The Hall–Kier alpha value is -2.17. The lowest BCUT2D eigenvalue weighted by atomic mass is 9.97. The number of nitrogens with zero attached hydrogens (tertiary/aromatic N) is 5. The first-order valence-electron chi connectivity index (χ1n) is 10.1. The van der Waals surface area contributed by atoms with E-state index in [0.717, 1.165) is 61.2 Å². The van der Waals surface area contributed by atoms with Gasteiger partial charge in [0.05, 0.1) is 25.3 Å². The van der Waals surface area contributed by atoms with Crippen LogP contribution >= 0.6 is 24.0 Å². The van der Waals surface area contributed by atoms with Gasteiger partial charge in [0.25, 0.3) is 0 Å². The maximum Gasteiger partial charge on any atom is 0.308 e. The van der Waals surface area contributed by atoms with Crippen LogP contribution in [0.4, 0.5) is 0 Å². The molecule has 1 aliphatic heterocycles. The van der Waals surface area contributed by atoms with Gasteiger partial charge in [-0.15, -0.1) is 24.0 Å². The van der Waals surface area contributed by atoms with Crippen LogP contribution in [0, 0.1) is 19.8 Å². The van der Waals surface area contributed by atoms with Crippen molar-refractivity contribution in [2.45, 2.75) is 40.2 Å². The Labute approximate surface area is 195 Å². The number of aliphatic imine (C=N–C) groups is 1. The van der Waals surface area contributed by atoms with Gasteiger partial charge in [-0.1, -0.05) is 6.07 Å². The molecule has 0 atom stereocenters. The van der Waals surface area contributed by atoms with E-state index in [2.05, 4.69) is 27.2 Å². The highest BCUT2D eigenvalue weighted by atomic mass is 127. The number of halogens is 1. The van der Waals surface area contributed by atoms with Crippen LogP contribution < -0.4 is 5.32 Å². The van der Waals surface area contributed by atoms with Crippen molar-refractivity contribution in [2.75, 3.05) is 26.7 Å². The zero-order chi connectivity index (χ0) is 20.8.